The average Bonchev–Trinajstić information content (AvgIpc) is 2.75. The maximum absolute atomic E-state index is 12.2. The lowest BCUT2D eigenvalue weighted by Gasteiger charge is -2.14. The summed E-state index contributed by atoms with van der Waals surface area (Å²) in [6, 6.07) is 14.3. The Hall–Kier alpha value is -3.03. The summed E-state index contributed by atoms with van der Waals surface area (Å²) >= 11 is 0. The first kappa shape index (κ1) is 21.3. The number of carbonyl (C=O) groups is 3. The maximum atomic E-state index is 12.2. The Morgan fingerprint density at radius 1 is 1.00 bits per heavy atom. The zero-order chi connectivity index (χ0) is 20.5. The van der Waals surface area contributed by atoms with Crippen molar-refractivity contribution >= 4 is 17.6 Å². The van der Waals surface area contributed by atoms with Crippen molar-refractivity contribution in [3.05, 3.63) is 59.7 Å². The molecular formula is C21H25N3O4. The molecule has 2 amide bonds. The van der Waals surface area contributed by atoms with Crippen LogP contribution in [-0.2, 0) is 16.0 Å². The van der Waals surface area contributed by atoms with Gasteiger partial charge in [0.25, 0.3) is 5.91 Å². The Balaban J connectivity index is 1.91. The van der Waals surface area contributed by atoms with E-state index in [0.29, 0.717) is 5.56 Å². The molecule has 0 spiro atoms. The molecule has 5 N–H and O–H groups in total. The van der Waals surface area contributed by atoms with Crippen molar-refractivity contribution < 1.29 is 19.5 Å². The number of hydrogen-bond donors (Lipinski definition) is 4. The fourth-order valence-corrected chi connectivity index (χ4v) is 2.64. The van der Waals surface area contributed by atoms with Crippen molar-refractivity contribution in [3.63, 3.8) is 0 Å². The molecule has 0 unspecified atom stereocenters. The minimum absolute atomic E-state index is 0.125. The van der Waals surface area contributed by atoms with Crippen molar-refractivity contribution in [3.8, 4) is 11.1 Å². The van der Waals surface area contributed by atoms with E-state index in [4.69, 9.17) is 10.8 Å². The minimum atomic E-state index is -0.965. The summed E-state index contributed by atoms with van der Waals surface area (Å²) in [5.74, 6) is -1.54. The van der Waals surface area contributed by atoms with Crippen LogP contribution in [0.5, 0.6) is 0 Å². The van der Waals surface area contributed by atoms with Crippen molar-refractivity contribution in [2.45, 2.75) is 19.4 Å². The normalized spacial score (nSPS) is 11.5. The van der Waals surface area contributed by atoms with E-state index in [2.05, 4.69) is 29.7 Å². The number of Topliss-reactive ketones (excluding diaryl/α,β-unsaturated/α-hetero) is 1. The van der Waals surface area contributed by atoms with Gasteiger partial charge in [-0.1, -0.05) is 43.3 Å². The molecule has 0 aliphatic heterocycles. The standard InChI is InChI=1S/C21H25N3O4/c1-2-14-3-5-15(6-4-14)16-7-9-17(10-8-16)21(28)23-12-20(27)24-18(11-22)19(26)13-25/h3-10,18,25H,2,11-13,22H2,1H3,(H,23,28)(H,24,27)/t18-/m0/s1. The lowest BCUT2D eigenvalue weighted by Crippen LogP contribution is -2.49. The van der Waals surface area contributed by atoms with Crippen LogP contribution in [0.25, 0.3) is 11.1 Å². The molecule has 7 heteroatoms. The van der Waals surface area contributed by atoms with Gasteiger partial charge in [-0.15, -0.1) is 0 Å². The summed E-state index contributed by atoms with van der Waals surface area (Å²) in [5.41, 5.74) is 9.12. The third-order valence-corrected chi connectivity index (χ3v) is 4.37. The van der Waals surface area contributed by atoms with Crippen molar-refractivity contribution in [2.24, 2.45) is 5.73 Å². The molecule has 0 fully saturated rings. The molecular weight excluding hydrogens is 358 g/mol. The molecule has 148 valence electrons. The van der Waals surface area contributed by atoms with E-state index in [1.54, 1.807) is 12.1 Å². The highest BCUT2D eigenvalue weighted by Gasteiger charge is 2.18. The smallest absolute Gasteiger partial charge is 0.251 e. The molecule has 28 heavy (non-hydrogen) atoms. The summed E-state index contributed by atoms with van der Waals surface area (Å²) in [4.78, 5) is 35.4. The van der Waals surface area contributed by atoms with Crippen LogP contribution in [0.3, 0.4) is 0 Å². The maximum Gasteiger partial charge on any atom is 0.251 e. The second-order valence-corrected chi connectivity index (χ2v) is 6.29. The Morgan fingerprint density at radius 3 is 2.07 bits per heavy atom. The zero-order valence-electron chi connectivity index (χ0n) is 15.8. The largest absolute Gasteiger partial charge is 0.388 e. The SMILES string of the molecule is CCc1ccc(-c2ccc(C(=O)NCC(=O)N[C@@H](CN)C(=O)CO)cc2)cc1. The number of hydrogen-bond acceptors (Lipinski definition) is 5. The van der Waals surface area contributed by atoms with E-state index in [0.717, 1.165) is 17.5 Å². The van der Waals surface area contributed by atoms with Gasteiger partial charge in [0.2, 0.25) is 5.91 Å². The Morgan fingerprint density at radius 2 is 1.57 bits per heavy atom. The van der Waals surface area contributed by atoms with Gasteiger partial charge in [0, 0.05) is 12.1 Å². The predicted octanol–water partition coefficient (Wildman–Crippen LogP) is 0.651. The van der Waals surface area contributed by atoms with E-state index < -0.39 is 30.2 Å². The van der Waals surface area contributed by atoms with Gasteiger partial charge in [-0.05, 0) is 35.2 Å². The van der Waals surface area contributed by atoms with Gasteiger partial charge in [-0.2, -0.15) is 0 Å². The van der Waals surface area contributed by atoms with E-state index in [1.165, 1.54) is 5.56 Å². The molecule has 0 aliphatic carbocycles. The Labute approximate surface area is 163 Å². The van der Waals surface area contributed by atoms with Gasteiger partial charge in [0.15, 0.2) is 5.78 Å². The number of rotatable bonds is 9. The molecule has 0 heterocycles. The summed E-state index contributed by atoms with van der Waals surface area (Å²) in [7, 11) is 0. The Kier molecular flexibility index (Phi) is 7.86. The quantitative estimate of drug-likeness (QED) is 0.507. The fraction of sp³-hybridized carbons (Fsp3) is 0.286. The van der Waals surface area contributed by atoms with Crippen LogP contribution in [0.15, 0.2) is 48.5 Å². The topological polar surface area (TPSA) is 122 Å². The third-order valence-electron chi connectivity index (χ3n) is 4.37. The molecule has 1 atom stereocenters. The lowest BCUT2D eigenvalue weighted by molar-refractivity contribution is -0.128. The van der Waals surface area contributed by atoms with E-state index in [9.17, 15) is 14.4 Å². The van der Waals surface area contributed by atoms with Gasteiger partial charge in [0.05, 0.1) is 6.54 Å². The summed E-state index contributed by atoms with van der Waals surface area (Å²) in [5, 5.41) is 13.7. The predicted molar refractivity (Wildman–Crippen MR) is 107 cm³/mol. The molecule has 0 aromatic heterocycles. The van der Waals surface area contributed by atoms with Crippen LogP contribution in [0.1, 0.15) is 22.8 Å². The number of aliphatic hydroxyl groups excluding tert-OH is 1. The van der Waals surface area contributed by atoms with E-state index >= 15 is 0 Å². The van der Waals surface area contributed by atoms with Gasteiger partial charge < -0.3 is 21.5 Å². The number of aryl methyl sites for hydroxylation is 1. The molecule has 0 bridgehead atoms. The van der Waals surface area contributed by atoms with Crippen LogP contribution in [-0.4, -0.2) is 48.4 Å². The first-order valence-corrected chi connectivity index (χ1v) is 9.09. The third kappa shape index (κ3) is 5.73. The van der Waals surface area contributed by atoms with Gasteiger partial charge in [0.1, 0.15) is 12.6 Å². The van der Waals surface area contributed by atoms with Gasteiger partial charge in [-0.25, -0.2) is 0 Å². The van der Waals surface area contributed by atoms with Crippen LogP contribution >= 0.6 is 0 Å². The Bertz CT molecular complexity index is 817. The number of amides is 2. The highest BCUT2D eigenvalue weighted by molar-refractivity contribution is 5.97. The number of nitrogens with two attached hydrogens (primary N) is 1. The monoisotopic (exact) mass is 383 g/mol. The minimum Gasteiger partial charge on any atom is -0.388 e. The molecule has 2 rings (SSSR count). The molecule has 0 aliphatic rings. The first-order chi connectivity index (χ1) is 13.5. The lowest BCUT2D eigenvalue weighted by atomic mass is 10.0. The second kappa shape index (κ2) is 10.3. The highest BCUT2D eigenvalue weighted by Crippen LogP contribution is 2.20. The zero-order valence-corrected chi connectivity index (χ0v) is 15.8. The fourth-order valence-electron chi connectivity index (χ4n) is 2.64. The number of aliphatic hydroxyl groups is 1. The summed E-state index contributed by atoms with van der Waals surface area (Å²) in [6.45, 7) is 0.972. The molecule has 0 saturated heterocycles. The summed E-state index contributed by atoms with van der Waals surface area (Å²) in [6.07, 6.45) is 0.979. The van der Waals surface area contributed by atoms with Crippen LogP contribution < -0.4 is 16.4 Å². The molecule has 2 aromatic rings. The van der Waals surface area contributed by atoms with Crippen molar-refractivity contribution in [1.29, 1.82) is 0 Å². The van der Waals surface area contributed by atoms with Crippen molar-refractivity contribution in [2.75, 3.05) is 19.7 Å². The first-order valence-electron chi connectivity index (χ1n) is 9.09. The highest BCUT2D eigenvalue weighted by atomic mass is 16.3. The molecule has 7 nitrogen and oxygen atoms in total. The molecule has 0 radical (unpaired) electrons. The second-order valence-electron chi connectivity index (χ2n) is 6.29. The average molecular weight is 383 g/mol. The van der Waals surface area contributed by atoms with E-state index in [-0.39, 0.29) is 13.1 Å². The number of carbonyl (C=O) groups excluding carboxylic acids is 3. The number of benzene rings is 2. The number of nitrogens with one attached hydrogen (secondary N) is 2. The van der Waals surface area contributed by atoms with E-state index in [1.807, 2.05) is 24.3 Å². The van der Waals surface area contributed by atoms with Crippen LogP contribution in [0.2, 0.25) is 0 Å². The van der Waals surface area contributed by atoms with Crippen LogP contribution in [0.4, 0.5) is 0 Å². The summed E-state index contributed by atoms with van der Waals surface area (Å²) < 4.78 is 0. The molecule has 2 aromatic carbocycles. The van der Waals surface area contributed by atoms with Gasteiger partial charge in [-0.3, -0.25) is 14.4 Å². The van der Waals surface area contributed by atoms with Crippen LogP contribution in [0, 0.1) is 0 Å². The number of ketones is 1. The van der Waals surface area contributed by atoms with Gasteiger partial charge >= 0.3 is 0 Å². The van der Waals surface area contributed by atoms with Crippen molar-refractivity contribution in [1.82, 2.24) is 10.6 Å². The molecule has 0 saturated carbocycles.